The molecule has 1 aromatic heterocycles. The highest BCUT2D eigenvalue weighted by Gasteiger charge is 2.26. The molecule has 0 spiro atoms. The molecule has 0 N–H and O–H groups in total. The third-order valence-electron chi connectivity index (χ3n) is 3.73. The van der Waals surface area contributed by atoms with Gasteiger partial charge in [0.05, 0.1) is 22.5 Å². The van der Waals surface area contributed by atoms with Crippen LogP contribution in [0.25, 0.3) is 0 Å². The third kappa shape index (κ3) is 5.40. The largest absolute Gasteiger partial charge is 0.334 e. The van der Waals surface area contributed by atoms with Gasteiger partial charge in [0, 0.05) is 20.1 Å². The van der Waals surface area contributed by atoms with Gasteiger partial charge in [0.25, 0.3) is 10.0 Å². The van der Waals surface area contributed by atoms with Crippen LogP contribution in [0.5, 0.6) is 0 Å². The summed E-state index contributed by atoms with van der Waals surface area (Å²) in [5.41, 5.74) is 1.36. The molecule has 142 valence electrons. The van der Waals surface area contributed by atoms with E-state index in [1.807, 2.05) is 6.07 Å². The van der Waals surface area contributed by atoms with E-state index < -0.39 is 10.0 Å². The minimum absolute atomic E-state index is 0.0881. The van der Waals surface area contributed by atoms with Gasteiger partial charge in [-0.25, -0.2) is 8.42 Å². The molecule has 0 aliphatic rings. The van der Waals surface area contributed by atoms with Gasteiger partial charge < -0.3 is 4.90 Å². The molecule has 0 radical (unpaired) electrons. The lowest BCUT2D eigenvalue weighted by Gasteiger charge is -2.24. The minimum atomic E-state index is -3.79. The molecule has 0 aliphatic carbocycles. The molecule has 0 saturated carbocycles. The van der Waals surface area contributed by atoms with E-state index in [1.54, 1.807) is 30.3 Å². The fraction of sp³-hybridized carbons (Fsp3) is 0.222. The normalized spacial score (nSPS) is 11.2. The Hall–Kier alpha value is -2.18. The second-order valence-corrected chi connectivity index (χ2v) is 9.68. The number of thiophene rings is 1. The average Bonchev–Trinajstić information content (AvgIpc) is 3.09. The van der Waals surface area contributed by atoms with Gasteiger partial charge in [0.2, 0.25) is 5.91 Å². The summed E-state index contributed by atoms with van der Waals surface area (Å²) in [4.78, 5) is 14.2. The summed E-state index contributed by atoms with van der Waals surface area (Å²) in [7, 11) is -2.43. The van der Waals surface area contributed by atoms with E-state index in [1.165, 1.54) is 24.1 Å². The molecular weight excluding hydrogens is 406 g/mol. The van der Waals surface area contributed by atoms with Gasteiger partial charge in [0.15, 0.2) is 0 Å². The van der Waals surface area contributed by atoms with Crippen LogP contribution >= 0.6 is 22.9 Å². The SMILES string of the molecule is C=CCN(Cc1ccc(C#N)cc1)C(=O)CN(C)S(=O)(=O)c1ccc(Cl)s1. The Morgan fingerprint density at radius 1 is 1.30 bits per heavy atom. The van der Waals surface area contributed by atoms with E-state index >= 15 is 0 Å². The van der Waals surface area contributed by atoms with Gasteiger partial charge in [-0.3, -0.25) is 4.79 Å². The zero-order valence-electron chi connectivity index (χ0n) is 14.6. The van der Waals surface area contributed by atoms with Crippen molar-refractivity contribution in [3.63, 3.8) is 0 Å². The lowest BCUT2D eigenvalue weighted by atomic mass is 10.1. The number of sulfonamides is 1. The number of halogens is 1. The number of nitriles is 1. The lowest BCUT2D eigenvalue weighted by Crippen LogP contribution is -2.40. The second-order valence-electron chi connectivity index (χ2n) is 5.69. The van der Waals surface area contributed by atoms with Crippen LogP contribution in [0.1, 0.15) is 11.1 Å². The molecule has 0 unspecified atom stereocenters. The number of carbonyl (C=O) groups excluding carboxylic acids is 1. The summed E-state index contributed by atoms with van der Waals surface area (Å²) in [6.07, 6.45) is 1.58. The van der Waals surface area contributed by atoms with Crippen LogP contribution < -0.4 is 0 Å². The van der Waals surface area contributed by atoms with Gasteiger partial charge in [0.1, 0.15) is 4.21 Å². The monoisotopic (exact) mass is 423 g/mol. The van der Waals surface area contributed by atoms with Crippen LogP contribution in [0.3, 0.4) is 0 Å². The first-order chi connectivity index (χ1) is 12.8. The quantitative estimate of drug-likeness (QED) is 0.611. The Balaban J connectivity index is 2.11. The van der Waals surface area contributed by atoms with Gasteiger partial charge in [-0.1, -0.05) is 29.8 Å². The molecule has 9 heteroatoms. The van der Waals surface area contributed by atoms with Gasteiger partial charge in [-0.2, -0.15) is 9.57 Å². The molecule has 1 heterocycles. The maximum absolute atomic E-state index is 12.7. The number of likely N-dealkylation sites (N-methyl/N-ethyl adjacent to an activating group) is 1. The molecule has 2 rings (SSSR count). The molecule has 0 saturated heterocycles. The summed E-state index contributed by atoms with van der Waals surface area (Å²) in [5, 5.41) is 8.86. The third-order valence-corrected chi connectivity index (χ3v) is 7.23. The van der Waals surface area contributed by atoms with E-state index in [9.17, 15) is 13.2 Å². The molecule has 0 aliphatic heterocycles. The van der Waals surface area contributed by atoms with Gasteiger partial charge in [-0.15, -0.1) is 17.9 Å². The van der Waals surface area contributed by atoms with Crippen LogP contribution in [0.2, 0.25) is 4.34 Å². The highest BCUT2D eigenvalue weighted by atomic mass is 35.5. The molecule has 27 heavy (non-hydrogen) atoms. The number of amides is 1. The van der Waals surface area contributed by atoms with Crippen molar-refractivity contribution in [3.05, 3.63) is 64.5 Å². The topological polar surface area (TPSA) is 81.5 Å². The van der Waals surface area contributed by atoms with Crippen LogP contribution in [-0.4, -0.2) is 43.7 Å². The maximum atomic E-state index is 12.7. The first-order valence-electron chi connectivity index (χ1n) is 7.87. The van der Waals surface area contributed by atoms with E-state index in [0.29, 0.717) is 9.90 Å². The predicted octanol–water partition coefficient (Wildman–Crippen LogP) is 3.11. The van der Waals surface area contributed by atoms with Crippen molar-refractivity contribution in [2.45, 2.75) is 10.8 Å². The number of hydrogen-bond acceptors (Lipinski definition) is 5. The van der Waals surface area contributed by atoms with Crippen molar-refractivity contribution in [1.29, 1.82) is 5.26 Å². The van der Waals surface area contributed by atoms with Crippen molar-refractivity contribution in [2.75, 3.05) is 20.1 Å². The predicted molar refractivity (Wildman–Crippen MR) is 106 cm³/mol. The number of benzene rings is 1. The molecule has 1 aromatic carbocycles. The number of nitrogens with zero attached hydrogens (tertiary/aromatic N) is 3. The Kier molecular flexibility index (Phi) is 7.16. The van der Waals surface area contributed by atoms with Gasteiger partial charge in [-0.05, 0) is 29.8 Å². The molecule has 2 aromatic rings. The van der Waals surface area contributed by atoms with Crippen LogP contribution in [0, 0.1) is 11.3 Å². The van der Waals surface area contributed by atoms with Gasteiger partial charge >= 0.3 is 0 Å². The Bertz CT molecular complexity index is 962. The maximum Gasteiger partial charge on any atom is 0.252 e. The summed E-state index contributed by atoms with van der Waals surface area (Å²) in [5.74, 6) is -0.354. The molecule has 6 nitrogen and oxygen atoms in total. The van der Waals surface area contributed by atoms with Crippen LogP contribution in [0.15, 0.2) is 53.3 Å². The summed E-state index contributed by atoms with van der Waals surface area (Å²) >= 11 is 6.75. The molecule has 0 bridgehead atoms. The molecule has 0 atom stereocenters. The van der Waals surface area contributed by atoms with E-state index in [4.69, 9.17) is 16.9 Å². The smallest absolute Gasteiger partial charge is 0.252 e. The lowest BCUT2D eigenvalue weighted by molar-refractivity contribution is -0.131. The summed E-state index contributed by atoms with van der Waals surface area (Å²) < 4.78 is 26.6. The fourth-order valence-electron chi connectivity index (χ4n) is 2.28. The summed E-state index contributed by atoms with van der Waals surface area (Å²) in [6.45, 7) is 3.91. The van der Waals surface area contributed by atoms with Crippen molar-refractivity contribution in [3.8, 4) is 6.07 Å². The Morgan fingerprint density at radius 2 is 1.96 bits per heavy atom. The zero-order chi connectivity index (χ0) is 20.0. The Morgan fingerprint density at radius 3 is 2.48 bits per heavy atom. The second kappa shape index (κ2) is 9.15. The highest BCUT2D eigenvalue weighted by molar-refractivity contribution is 7.91. The van der Waals surface area contributed by atoms with Crippen LogP contribution in [-0.2, 0) is 21.4 Å². The van der Waals surface area contributed by atoms with E-state index in [-0.39, 0.29) is 29.8 Å². The summed E-state index contributed by atoms with van der Waals surface area (Å²) in [6, 6.07) is 11.8. The molecule has 1 amide bonds. The minimum Gasteiger partial charge on any atom is -0.334 e. The first kappa shape index (κ1) is 21.1. The zero-order valence-corrected chi connectivity index (χ0v) is 17.0. The number of rotatable bonds is 8. The van der Waals surface area contributed by atoms with Crippen LogP contribution in [0.4, 0.5) is 0 Å². The molecular formula is C18H18ClN3O3S2. The molecule has 0 fully saturated rings. The standard InChI is InChI=1S/C18H18ClN3O3S2/c1-3-10-22(12-15-6-4-14(11-20)5-7-15)17(23)13-21(2)27(24,25)18-9-8-16(19)26-18/h3-9H,1,10,12-13H2,2H3. The van der Waals surface area contributed by atoms with Crippen molar-refractivity contribution in [2.24, 2.45) is 0 Å². The number of hydrogen-bond donors (Lipinski definition) is 0. The van der Waals surface area contributed by atoms with Crippen molar-refractivity contribution in [1.82, 2.24) is 9.21 Å². The highest BCUT2D eigenvalue weighted by Crippen LogP contribution is 2.27. The Labute approximate surface area is 167 Å². The average molecular weight is 424 g/mol. The fourth-order valence-corrected chi connectivity index (χ4v) is 5.09. The van der Waals surface area contributed by atoms with E-state index in [0.717, 1.165) is 21.2 Å². The number of carbonyl (C=O) groups is 1. The van der Waals surface area contributed by atoms with Crippen molar-refractivity contribution < 1.29 is 13.2 Å². The first-order valence-corrected chi connectivity index (χ1v) is 10.5. The van der Waals surface area contributed by atoms with Crippen molar-refractivity contribution >= 4 is 38.9 Å². The van der Waals surface area contributed by atoms with E-state index in [2.05, 4.69) is 6.58 Å².